The summed E-state index contributed by atoms with van der Waals surface area (Å²) in [6.45, 7) is 8.71. The van der Waals surface area contributed by atoms with E-state index in [0.717, 1.165) is 17.9 Å². The van der Waals surface area contributed by atoms with E-state index in [1.54, 1.807) is 0 Å². The van der Waals surface area contributed by atoms with Crippen molar-refractivity contribution in [3.63, 3.8) is 0 Å². The van der Waals surface area contributed by atoms with Crippen LogP contribution in [0.2, 0.25) is 0 Å². The number of nitrogens with one attached hydrogen (secondary N) is 1. The van der Waals surface area contributed by atoms with Crippen molar-refractivity contribution in [2.45, 2.75) is 83.2 Å². The molecule has 0 aromatic rings. The molecule has 1 atom stereocenters. The van der Waals surface area contributed by atoms with Crippen molar-refractivity contribution in [1.29, 1.82) is 0 Å². The molecule has 3 fully saturated rings. The van der Waals surface area contributed by atoms with Crippen molar-refractivity contribution < 1.29 is 0 Å². The Labute approximate surface area is 125 Å². The van der Waals surface area contributed by atoms with Crippen molar-refractivity contribution in [2.24, 2.45) is 11.8 Å². The van der Waals surface area contributed by atoms with Gasteiger partial charge in [0.1, 0.15) is 0 Å². The minimum absolute atomic E-state index is 0.475. The van der Waals surface area contributed by atoms with Crippen molar-refractivity contribution in [3.05, 3.63) is 0 Å². The molecule has 1 N–H and O–H groups in total. The van der Waals surface area contributed by atoms with E-state index in [1.807, 2.05) is 0 Å². The Morgan fingerprint density at radius 2 is 1.85 bits per heavy atom. The van der Waals surface area contributed by atoms with E-state index in [2.05, 4.69) is 24.1 Å². The average molecular weight is 278 g/mol. The number of nitrogens with zero attached hydrogens (tertiary/aromatic N) is 1. The number of hydrogen-bond donors (Lipinski definition) is 1. The zero-order valence-corrected chi connectivity index (χ0v) is 13.7. The molecular weight excluding hydrogens is 244 g/mol. The van der Waals surface area contributed by atoms with Gasteiger partial charge >= 0.3 is 0 Å². The summed E-state index contributed by atoms with van der Waals surface area (Å²) >= 11 is 0. The second-order valence-electron chi connectivity index (χ2n) is 8.09. The second kappa shape index (κ2) is 6.36. The third-order valence-electron chi connectivity index (χ3n) is 6.29. The van der Waals surface area contributed by atoms with E-state index >= 15 is 0 Å². The maximum atomic E-state index is 3.97. The molecule has 1 aliphatic heterocycles. The van der Waals surface area contributed by atoms with Crippen LogP contribution in [0.1, 0.15) is 71.6 Å². The summed E-state index contributed by atoms with van der Waals surface area (Å²) in [6, 6.07) is 0.766. The zero-order valence-electron chi connectivity index (χ0n) is 13.7. The van der Waals surface area contributed by atoms with Gasteiger partial charge in [-0.15, -0.1) is 0 Å². The normalized spacial score (nSPS) is 31.6. The fourth-order valence-corrected chi connectivity index (χ4v) is 4.61. The molecule has 0 aromatic carbocycles. The molecule has 1 spiro atoms. The maximum Gasteiger partial charge on any atom is 0.0309 e. The van der Waals surface area contributed by atoms with Gasteiger partial charge < -0.3 is 5.32 Å². The molecule has 2 aliphatic carbocycles. The third kappa shape index (κ3) is 3.22. The monoisotopic (exact) mass is 278 g/mol. The van der Waals surface area contributed by atoms with E-state index in [4.69, 9.17) is 0 Å². The molecule has 1 saturated heterocycles. The fourth-order valence-electron chi connectivity index (χ4n) is 4.61. The van der Waals surface area contributed by atoms with Gasteiger partial charge in [-0.05, 0) is 37.6 Å². The maximum absolute atomic E-state index is 3.97. The highest BCUT2D eigenvalue weighted by atomic mass is 15.3. The Hall–Kier alpha value is -0.0800. The van der Waals surface area contributed by atoms with Gasteiger partial charge in [0.15, 0.2) is 0 Å². The Bertz CT molecular complexity index is 303. The van der Waals surface area contributed by atoms with Crippen LogP contribution in [-0.4, -0.2) is 36.1 Å². The predicted octanol–water partition coefficient (Wildman–Crippen LogP) is 3.81. The Morgan fingerprint density at radius 3 is 2.45 bits per heavy atom. The van der Waals surface area contributed by atoms with Gasteiger partial charge in [-0.2, -0.15) is 0 Å². The fraction of sp³-hybridized carbons (Fsp3) is 1.00. The third-order valence-corrected chi connectivity index (χ3v) is 6.29. The first-order valence-electron chi connectivity index (χ1n) is 9.18. The van der Waals surface area contributed by atoms with Crippen LogP contribution in [0.15, 0.2) is 0 Å². The summed E-state index contributed by atoms with van der Waals surface area (Å²) in [5.74, 6) is 1.84. The zero-order chi connectivity index (χ0) is 14.0. The van der Waals surface area contributed by atoms with E-state index in [-0.39, 0.29) is 0 Å². The van der Waals surface area contributed by atoms with Crippen LogP contribution in [0, 0.1) is 11.8 Å². The molecule has 2 saturated carbocycles. The van der Waals surface area contributed by atoms with Crippen LogP contribution >= 0.6 is 0 Å². The van der Waals surface area contributed by atoms with Gasteiger partial charge in [0.05, 0.1) is 0 Å². The van der Waals surface area contributed by atoms with Crippen LogP contribution in [-0.2, 0) is 0 Å². The number of hydrogen-bond acceptors (Lipinski definition) is 2. The highest BCUT2D eigenvalue weighted by molar-refractivity contribution is 5.00. The molecule has 3 rings (SSSR count). The first kappa shape index (κ1) is 14.8. The molecule has 0 amide bonds. The summed E-state index contributed by atoms with van der Waals surface area (Å²) in [5, 5.41) is 3.97. The molecule has 1 heterocycles. The molecule has 0 radical (unpaired) electrons. The first-order chi connectivity index (χ1) is 9.69. The highest BCUT2D eigenvalue weighted by Crippen LogP contribution is 2.34. The summed E-state index contributed by atoms with van der Waals surface area (Å²) in [6.07, 6.45) is 13.1. The first-order valence-corrected chi connectivity index (χ1v) is 9.18. The van der Waals surface area contributed by atoms with E-state index in [9.17, 15) is 0 Å². The lowest BCUT2D eigenvalue weighted by Gasteiger charge is -2.51. The quantitative estimate of drug-likeness (QED) is 0.841. The molecule has 2 nitrogen and oxygen atoms in total. The Morgan fingerprint density at radius 1 is 1.10 bits per heavy atom. The van der Waals surface area contributed by atoms with Gasteiger partial charge in [0.2, 0.25) is 0 Å². The van der Waals surface area contributed by atoms with Gasteiger partial charge in [-0.1, -0.05) is 52.4 Å². The van der Waals surface area contributed by atoms with Crippen LogP contribution < -0.4 is 5.32 Å². The average Bonchev–Trinajstić information content (AvgIpc) is 2.37. The summed E-state index contributed by atoms with van der Waals surface area (Å²) in [7, 11) is 0. The van der Waals surface area contributed by atoms with Crippen LogP contribution in [0.5, 0.6) is 0 Å². The lowest BCUT2D eigenvalue weighted by molar-refractivity contribution is 0.0300. The summed E-state index contributed by atoms with van der Waals surface area (Å²) in [5.41, 5.74) is 0.475. The largest absolute Gasteiger partial charge is 0.308 e. The minimum atomic E-state index is 0.475. The number of piperazine rings is 1. The van der Waals surface area contributed by atoms with E-state index in [1.165, 1.54) is 77.4 Å². The lowest BCUT2D eigenvalue weighted by atomic mass is 9.78. The lowest BCUT2D eigenvalue weighted by Crippen LogP contribution is -2.66. The van der Waals surface area contributed by atoms with Crippen LogP contribution in [0.25, 0.3) is 0 Å². The van der Waals surface area contributed by atoms with E-state index in [0.29, 0.717) is 5.54 Å². The molecule has 3 aliphatic rings. The van der Waals surface area contributed by atoms with Crippen LogP contribution in [0.3, 0.4) is 0 Å². The van der Waals surface area contributed by atoms with Gasteiger partial charge in [0.25, 0.3) is 0 Å². The van der Waals surface area contributed by atoms with Crippen molar-refractivity contribution in [3.8, 4) is 0 Å². The Balaban J connectivity index is 1.60. The Kier molecular flexibility index (Phi) is 4.72. The van der Waals surface area contributed by atoms with Crippen molar-refractivity contribution in [1.82, 2.24) is 10.2 Å². The van der Waals surface area contributed by atoms with Crippen LogP contribution in [0.4, 0.5) is 0 Å². The molecule has 116 valence electrons. The minimum Gasteiger partial charge on any atom is -0.308 e. The summed E-state index contributed by atoms with van der Waals surface area (Å²) < 4.78 is 0. The SMILES string of the molecule is CC(C)C1CNC2(CCCCC2)CN1CCC1CCC1. The standard InChI is InChI=1S/C18H34N2/c1-15(2)17-13-19-18(10-4-3-5-11-18)14-20(17)12-9-16-7-6-8-16/h15-17,19H,3-14H2,1-2H3. The molecule has 2 heteroatoms. The highest BCUT2D eigenvalue weighted by Gasteiger charge is 2.40. The van der Waals surface area contributed by atoms with Gasteiger partial charge in [0, 0.05) is 24.7 Å². The van der Waals surface area contributed by atoms with E-state index < -0.39 is 0 Å². The molecular formula is C18H34N2. The molecule has 0 aromatic heterocycles. The topological polar surface area (TPSA) is 15.3 Å². The molecule has 0 bridgehead atoms. The molecule has 20 heavy (non-hydrogen) atoms. The summed E-state index contributed by atoms with van der Waals surface area (Å²) in [4.78, 5) is 2.87. The van der Waals surface area contributed by atoms with Gasteiger partial charge in [-0.3, -0.25) is 4.90 Å². The molecule has 1 unspecified atom stereocenters. The van der Waals surface area contributed by atoms with Crippen molar-refractivity contribution in [2.75, 3.05) is 19.6 Å². The number of rotatable bonds is 4. The second-order valence-corrected chi connectivity index (χ2v) is 8.09. The smallest absolute Gasteiger partial charge is 0.0309 e. The predicted molar refractivity (Wildman–Crippen MR) is 86.0 cm³/mol. The van der Waals surface area contributed by atoms with Crippen molar-refractivity contribution >= 4 is 0 Å². The van der Waals surface area contributed by atoms with Gasteiger partial charge in [-0.25, -0.2) is 0 Å².